The van der Waals surface area contributed by atoms with Gasteiger partial charge in [0, 0.05) is 6.54 Å². The van der Waals surface area contributed by atoms with Crippen molar-refractivity contribution in [3.63, 3.8) is 0 Å². The Balaban J connectivity index is 2.51. The number of carbonyl (C=O) groups is 1. The van der Waals surface area contributed by atoms with Crippen LogP contribution in [-0.2, 0) is 4.79 Å². The van der Waals surface area contributed by atoms with Crippen LogP contribution in [0.5, 0.6) is 0 Å². The third-order valence-electron chi connectivity index (χ3n) is 2.61. The van der Waals surface area contributed by atoms with Crippen LogP contribution >= 0.6 is 0 Å². The molecule has 1 N–H and O–H groups in total. The number of hydrogen-bond donors (Lipinski definition) is 1. The third kappa shape index (κ3) is 1.67. The van der Waals surface area contributed by atoms with Crippen molar-refractivity contribution in [1.29, 1.82) is 0 Å². The molecule has 0 atom stereocenters. The molecule has 0 aliphatic carbocycles. The van der Waals surface area contributed by atoms with E-state index in [0.29, 0.717) is 17.8 Å². The van der Waals surface area contributed by atoms with Crippen molar-refractivity contribution in [3.8, 4) is 0 Å². The van der Waals surface area contributed by atoms with Crippen LogP contribution in [0.15, 0.2) is 12.1 Å². The van der Waals surface area contributed by atoms with Gasteiger partial charge in [0.1, 0.15) is 5.82 Å². The lowest BCUT2D eigenvalue weighted by molar-refractivity contribution is -0.115. The average Bonchev–Trinajstić information content (AvgIpc) is 2.19. The molecule has 0 unspecified atom stereocenters. The number of anilines is 2. The zero-order valence-electron chi connectivity index (χ0n) is 8.80. The highest BCUT2D eigenvalue weighted by atomic mass is 19.1. The molecule has 0 spiro atoms. The van der Waals surface area contributed by atoms with Gasteiger partial charge in [0.2, 0.25) is 5.91 Å². The van der Waals surface area contributed by atoms with Crippen LogP contribution in [0.4, 0.5) is 15.8 Å². The van der Waals surface area contributed by atoms with Gasteiger partial charge in [-0.25, -0.2) is 4.39 Å². The van der Waals surface area contributed by atoms with Gasteiger partial charge in [0.05, 0.1) is 17.9 Å². The first-order valence-electron chi connectivity index (χ1n) is 4.96. The number of halogens is 1. The Bertz CT molecular complexity index is 417. The second-order valence-corrected chi connectivity index (χ2v) is 3.68. The zero-order chi connectivity index (χ0) is 11.0. The summed E-state index contributed by atoms with van der Waals surface area (Å²) in [5.41, 5.74) is 2.07. The summed E-state index contributed by atoms with van der Waals surface area (Å²) < 4.78 is 13.3. The fraction of sp³-hybridized carbons (Fsp3) is 0.364. The van der Waals surface area contributed by atoms with E-state index < -0.39 is 0 Å². The van der Waals surface area contributed by atoms with Gasteiger partial charge >= 0.3 is 0 Å². The van der Waals surface area contributed by atoms with Crippen molar-refractivity contribution < 1.29 is 9.18 Å². The lowest BCUT2D eigenvalue weighted by Crippen LogP contribution is -2.38. The second-order valence-electron chi connectivity index (χ2n) is 3.68. The van der Waals surface area contributed by atoms with Gasteiger partial charge in [0.25, 0.3) is 0 Å². The molecule has 0 saturated carbocycles. The number of rotatable bonds is 1. The van der Waals surface area contributed by atoms with Gasteiger partial charge < -0.3 is 10.2 Å². The maximum atomic E-state index is 13.3. The molecular formula is C11H13FN2O. The maximum absolute atomic E-state index is 13.3. The third-order valence-corrected chi connectivity index (χ3v) is 2.61. The quantitative estimate of drug-likeness (QED) is 0.764. The molecule has 80 valence electrons. The van der Waals surface area contributed by atoms with E-state index in [1.807, 2.05) is 11.8 Å². The van der Waals surface area contributed by atoms with E-state index in [1.54, 1.807) is 13.0 Å². The first-order chi connectivity index (χ1) is 7.11. The molecule has 0 aromatic heterocycles. The van der Waals surface area contributed by atoms with Crippen molar-refractivity contribution in [2.45, 2.75) is 13.8 Å². The SMILES string of the molecule is CCN1CC(=O)Nc2cc(F)c(C)cc21. The Labute approximate surface area is 87.9 Å². The number of amides is 1. The van der Waals surface area contributed by atoms with E-state index in [1.165, 1.54) is 6.07 Å². The zero-order valence-corrected chi connectivity index (χ0v) is 8.80. The number of likely N-dealkylation sites (N-methyl/N-ethyl adjacent to an activating group) is 1. The molecule has 0 fully saturated rings. The summed E-state index contributed by atoms with van der Waals surface area (Å²) in [6, 6.07) is 3.15. The van der Waals surface area contributed by atoms with E-state index >= 15 is 0 Å². The summed E-state index contributed by atoms with van der Waals surface area (Å²) in [4.78, 5) is 13.2. The Morgan fingerprint density at radius 1 is 1.53 bits per heavy atom. The lowest BCUT2D eigenvalue weighted by Gasteiger charge is -2.30. The number of carbonyl (C=O) groups excluding carboxylic acids is 1. The van der Waals surface area contributed by atoms with Gasteiger partial charge in [-0.1, -0.05) is 0 Å². The summed E-state index contributed by atoms with van der Waals surface area (Å²) in [5, 5.41) is 2.67. The summed E-state index contributed by atoms with van der Waals surface area (Å²) in [5.74, 6) is -0.375. The summed E-state index contributed by atoms with van der Waals surface area (Å²) >= 11 is 0. The Kier molecular flexibility index (Phi) is 2.34. The van der Waals surface area contributed by atoms with Crippen molar-refractivity contribution in [2.75, 3.05) is 23.3 Å². The fourth-order valence-corrected chi connectivity index (χ4v) is 1.76. The van der Waals surface area contributed by atoms with Crippen LogP contribution in [0.3, 0.4) is 0 Å². The topological polar surface area (TPSA) is 32.3 Å². The molecule has 2 rings (SSSR count). The molecule has 1 aliphatic rings. The Morgan fingerprint density at radius 3 is 2.93 bits per heavy atom. The molecule has 0 bridgehead atoms. The summed E-state index contributed by atoms with van der Waals surface area (Å²) in [7, 11) is 0. The first-order valence-corrected chi connectivity index (χ1v) is 4.96. The highest BCUT2D eigenvalue weighted by Gasteiger charge is 2.21. The standard InChI is InChI=1S/C11H13FN2O/c1-3-14-6-11(15)13-9-5-8(12)7(2)4-10(9)14/h4-5H,3,6H2,1-2H3,(H,13,15). The smallest absolute Gasteiger partial charge is 0.243 e. The minimum absolute atomic E-state index is 0.0902. The molecule has 15 heavy (non-hydrogen) atoms. The highest BCUT2D eigenvalue weighted by Crippen LogP contribution is 2.31. The molecule has 1 aromatic carbocycles. The van der Waals surface area contributed by atoms with Crippen LogP contribution in [0, 0.1) is 12.7 Å². The lowest BCUT2D eigenvalue weighted by atomic mass is 10.1. The van der Waals surface area contributed by atoms with E-state index in [4.69, 9.17) is 0 Å². The molecule has 1 aromatic rings. The van der Waals surface area contributed by atoms with Crippen molar-refractivity contribution in [1.82, 2.24) is 0 Å². The molecule has 1 amide bonds. The molecule has 4 heteroatoms. The number of hydrogen-bond acceptors (Lipinski definition) is 2. The molecule has 3 nitrogen and oxygen atoms in total. The molecule has 1 aliphatic heterocycles. The van der Waals surface area contributed by atoms with Crippen LogP contribution in [-0.4, -0.2) is 19.0 Å². The highest BCUT2D eigenvalue weighted by molar-refractivity contribution is 6.01. The minimum atomic E-state index is -0.285. The van der Waals surface area contributed by atoms with Crippen LogP contribution in [0.25, 0.3) is 0 Å². The predicted octanol–water partition coefficient (Wildman–Crippen LogP) is 1.91. The van der Waals surface area contributed by atoms with E-state index in [-0.39, 0.29) is 11.7 Å². The number of fused-ring (bicyclic) bond motifs is 1. The largest absolute Gasteiger partial charge is 0.361 e. The van der Waals surface area contributed by atoms with Crippen LogP contribution < -0.4 is 10.2 Å². The average molecular weight is 208 g/mol. The number of benzene rings is 1. The van der Waals surface area contributed by atoms with Gasteiger partial charge in [-0.05, 0) is 31.5 Å². The molecule has 1 heterocycles. The summed E-state index contributed by atoms with van der Waals surface area (Å²) in [6.45, 7) is 4.78. The predicted molar refractivity (Wildman–Crippen MR) is 57.7 cm³/mol. The molecule has 0 radical (unpaired) electrons. The normalized spacial score (nSPS) is 14.9. The van der Waals surface area contributed by atoms with Gasteiger partial charge in [-0.15, -0.1) is 0 Å². The molecule has 0 saturated heterocycles. The molecular weight excluding hydrogens is 195 g/mol. The summed E-state index contributed by atoms with van der Waals surface area (Å²) in [6.07, 6.45) is 0. The van der Waals surface area contributed by atoms with E-state index in [2.05, 4.69) is 5.32 Å². The maximum Gasteiger partial charge on any atom is 0.243 e. The number of nitrogens with one attached hydrogen (secondary N) is 1. The van der Waals surface area contributed by atoms with Gasteiger partial charge in [0.15, 0.2) is 0 Å². The van der Waals surface area contributed by atoms with E-state index in [0.717, 1.165) is 12.2 Å². The van der Waals surface area contributed by atoms with Crippen LogP contribution in [0.2, 0.25) is 0 Å². The monoisotopic (exact) mass is 208 g/mol. The van der Waals surface area contributed by atoms with Crippen LogP contribution in [0.1, 0.15) is 12.5 Å². The first kappa shape index (κ1) is 9.96. The second kappa shape index (κ2) is 3.53. The minimum Gasteiger partial charge on any atom is -0.361 e. The Hall–Kier alpha value is -1.58. The van der Waals surface area contributed by atoms with Crippen molar-refractivity contribution in [3.05, 3.63) is 23.5 Å². The number of nitrogens with zero attached hydrogens (tertiary/aromatic N) is 1. The Morgan fingerprint density at radius 2 is 2.27 bits per heavy atom. The fourth-order valence-electron chi connectivity index (χ4n) is 1.76. The van der Waals surface area contributed by atoms with Crippen molar-refractivity contribution >= 4 is 17.3 Å². The number of aryl methyl sites for hydroxylation is 1. The van der Waals surface area contributed by atoms with Gasteiger partial charge in [-0.2, -0.15) is 0 Å². The van der Waals surface area contributed by atoms with Gasteiger partial charge in [-0.3, -0.25) is 4.79 Å². The van der Waals surface area contributed by atoms with Crippen molar-refractivity contribution in [2.24, 2.45) is 0 Å². The van der Waals surface area contributed by atoms with E-state index in [9.17, 15) is 9.18 Å².